The van der Waals surface area contributed by atoms with E-state index in [1.807, 2.05) is 57.2 Å². The highest BCUT2D eigenvalue weighted by atomic mass is 16.3. The van der Waals surface area contributed by atoms with Gasteiger partial charge >= 0.3 is 0 Å². The molecule has 20 heavy (non-hydrogen) atoms. The third-order valence-corrected chi connectivity index (χ3v) is 3.35. The van der Waals surface area contributed by atoms with Crippen molar-refractivity contribution in [1.29, 1.82) is 0 Å². The highest BCUT2D eigenvalue weighted by Crippen LogP contribution is 2.22. The van der Waals surface area contributed by atoms with Gasteiger partial charge in [-0.05, 0) is 32.4 Å². The molecule has 4 heteroatoms. The zero-order valence-corrected chi connectivity index (χ0v) is 12.0. The number of aryl methyl sites for hydroxylation is 2. The SMILES string of the molecule is Cc1cc(C(C)NC(=O)[C@H](N)c2ccccc2)c(C)o1. The summed E-state index contributed by atoms with van der Waals surface area (Å²) in [5.74, 6) is 1.47. The van der Waals surface area contributed by atoms with E-state index in [1.165, 1.54) is 0 Å². The van der Waals surface area contributed by atoms with Crippen molar-refractivity contribution >= 4 is 5.91 Å². The Bertz CT molecular complexity index is 590. The fraction of sp³-hybridized carbons (Fsp3) is 0.312. The van der Waals surface area contributed by atoms with Crippen molar-refractivity contribution in [2.75, 3.05) is 0 Å². The number of furan rings is 1. The maximum absolute atomic E-state index is 12.2. The highest BCUT2D eigenvalue weighted by molar-refractivity contribution is 5.83. The predicted molar refractivity (Wildman–Crippen MR) is 78.1 cm³/mol. The van der Waals surface area contributed by atoms with Crippen LogP contribution in [0.25, 0.3) is 0 Å². The second-order valence-electron chi connectivity index (χ2n) is 4.99. The van der Waals surface area contributed by atoms with Gasteiger partial charge in [-0.1, -0.05) is 30.3 Å². The number of carbonyl (C=O) groups is 1. The van der Waals surface area contributed by atoms with E-state index in [2.05, 4.69) is 5.32 Å². The Hall–Kier alpha value is -2.07. The van der Waals surface area contributed by atoms with Crippen molar-refractivity contribution in [1.82, 2.24) is 5.32 Å². The van der Waals surface area contributed by atoms with Gasteiger partial charge in [-0.15, -0.1) is 0 Å². The summed E-state index contributed by atoms with van der Waals surface area (Å²) in [5, 5.41) is 2.92. The molecule has 0 bridgehead atoms. The van der Waals surface area contributed by atoms with Gasteiger partial charge in [0.15, 0.2) is 0 Å². The number of nitrogens with two attached hydrogens (primary N) is 1. The van der Waals surface area contributed by atoms with Crippen LogP contribution in [-0.4, -0.2) is 5.91 Å². The number of hydrogen-bond acceptors (Lipinski definition) is 3. The van der Waals surface area contributed by atoms with Gasteiger partial charge in [-0.25, -0.2) is 0 Å². The van der Waals surface area contributed by atoms with Crippen LogP contribution >= 0.6 is 0 Å². The number of benzene rings is 1. The lowest BCUT2D eigenvalue weighted by molar-refractivity contribution is -0.123. The molecule has 2 atom stereocenters. The van der Waals surface area contributed by atoms with Crippen LogP contribution < -0.4 is 11.1 Å². The molecule has 0 aliphatic carbocycles. The van der Waals surface area contributed by atoms with E-state index < -0.39 is 6.04 Å². The van der Waals surface area contributed by atoms with E-state index >= 15 is 0 Å². The van der Waals surface area contributed by atoms with Gasteiger partial charge < -0.3 is 15.5 Å². The summed E-state index contributed by atoms with van der Waals surface area (Å²) < 4.78 is 5.48. The highest BCUT2D eigenvalue weighted by Gasteiger charge is 2.20. The normalized spacial score (nSPS) is 13.8. The van der Waals surface area contributed by atoms with Crippen molar-refractivity contribution in [3.63, 3.8) is 0 Å². The van der Waals surface area contributed by atoms with E-state index in [1.54, 1.807) is 0 Å². The minimum Gasteiger partial charge on any atom is -0.466 e. The maximum atomic E-state index is 12.2. The minimum atomic E-state index is -0.660. The zero-order valence-electron chi connectivity index (χ0n) is 12.0. The van der Waals surface area contributed by atoms with E-state index in [4.69, 9.17) is 10.2 Å². The fourth-order valence-corrected chi connectivity index (χ4v) is 2.27. The van der Waals surface area contributed by atoms with E-state index in [0.717, 1.165) is 22.6 Å². The molecule has 1 amide bonds. The lowest BCUT2D eigenvalue weighted by atomic mass is 10.1. The second kappa shape index (κ2) is 5.92. The summed E-state index contributed by atoms with van der Waals surface area (Å²) in [6.07, 6.45) is 0. The molecular weight excluding hydrogens is 252 g/mol. The Labute approximate surface area is 119 Å². The molecule has 1 aromatic heterocycles. The predicted octanol–water partition coefficient (Wildman–Crippen LogP) is 2.77. The zero-order chi connectivity index (χ0) is 14.7. The van der Waals surface area contributed by atoms with E-state index in [0.29, 0.717) is 0 Å². The second-order valence-corrected chi connectivity index (χ2v) is 4.99. The topological polar surface area (TPSA) is 68.3 Å². The summed E-state index contributed by atoms with van der Waals surface area (Å²) in [7, 11) is 0. The fourth-order valence-electron chi connectivity index (χ4n) is 2.27. The summed E-state index contributed by atoms with van der Waals surface area (Å²) in [6, 6.07) is 10.5. The molecule has 0 fully saturated rings. The van der Waals surface area contributed by atoms with Gasteiger partial charge in [0.25, 0.3) is 0 Å². The van der Waals surface area contributed by atoms with Crippen LogP contribution in [0.4, 0.5) is 0 Å². The van der Waals surface area contributed by atoms with Crippen LogP contribution in [0.5, 0.6) is 0 Å². The molecule has 0 spiro atoms. The summed E-state index contributed by atoms with van der Waals surface area (Å²) in [4.78, 5) is 12.2. The minimum absolute atomic E-state index is 0.130. The molecule has 0 saturated heterocycles. The van der Waals surface area contributed by atoms with Crippen molar-refractivity contribution in [3.8, 4) is 0 Å². The smallest absolute Gasteiger partial charge is 0.241 e. The molecule has 0 radical (unpaired) electrons. The Balaban J connectivity index is 2.06. The molecule has 2 aromatic rings. The molecule has 4 nitrogen and oxygen atoms in total. The number of hydrogen-bond donors (Lipinski definition) is 2. The Kier molecular flexibility index (Phi) is 4.25. The Morgan fingerprint density at radius 3 is 2.45 bits per heavy atom. The molecule has 0 aliphatic heterocycles. The first kappa shape index (κ1) is 14.3. The van der Waals surface area contributed by atoms with Crippen LogP contribution in [0.2, 0.25) is 0 Å². The van der Waals surface area contributed by atoms with Crippen LogP contribution in [0.15, 0.2) is 40.8 Å². The average molecular weight is 272 g/mol. The number of rotatable bonds is 4. The van der Waals surface area contributed by atoms with Gasteiger partial charge in [0.1, 0.15) is 17.6 Å². The quantitative estimate of drug-likeness (QED) is 0.899. The van der Waals surface area contributed by atoms with Crippen LogP contribution in [0.1, 0.15) is 41.7 Å². The maximum Gasteiger partial charge on any atom is 0.241 e. The summed E-state index contributed by atoms with van der Waals surface area (Å²) in [5.41, 5.74) is 7.76. The molecule has 1 unspecified atom stereocenters. The first-order valence-corrected chi connectivity index (χ1v) is 6.67. The number of carbonyl (C=O) groups excluding carboxylic acids is 1. The van der Waals surface area contributed by atoms with Crippen molar-refractivity contribution in [2.45, 2.75) is 32.9 Å². The van der Waals surface area contributed by atoms with Crippen LogP contribution in [0.3, 0.4) is 0 Å². The van der Waals surface area contributed by atoms with Gasteiger partial charge in [-0.3, -0.25) is 4.79 Å². The molecular formula is C16H20N2O2. The summed E-state index contributed by atoms with van der Waals surface area (Å²) in [6.45, 7) is 5.70. The van der Waals surface area contributed by atoms with Crippen LogP contribution in [-0.2, 0) is 4.79 Å². The molecule has 0 aliphatic rings. The van der Waals surface area contributed by atoms with Crippen LogP contribution in [0, 0.1) is 13.8 Å². The third-order valence-electron chi connectivity index (χ3n) is 3.35. The molecule has 3 N–H and O–H groups in total. The molecule has 2 rings (SSSR count). The largest absolute Gasteiger partial charge is 0.466 e. The Morgan fingerprint density at radius 2 is 1.90 bits per heavy atom. The molecule has 1 heterocycles. The monoisotopic (exact) mass is 272 g/mol. The number of amides is 1. The third kappa shape index (κ3) is 3.08. The average Bonchev–Trinajstić information content (AvgIpc) is 2.78. The standard InChI is InChI=1S/C16H20N2O2/c1-10-9-14(12(3)20-10)11(2)18-16(19)15(17)13-7-5-4-6-8-13/h4-9,11,15H,17H2,1-3H3,(H,18,19)/t11?,15-/m1/s1. The van der Waals surface area contributed by atoms with E-state index in [-0.39, 0.29) is 11.9 Å². The van der Waals surface area contributed by atoms with Crippen molar-refractivity contribution in [2.24, 2.45) is 5.73 Å². The van der Waals surface area contributed by atoms with Gasteiger partial charge in [0.05, 0.1) is 6.04 Å². The lowest BCUT2D eigenvalue weighted by Gasteiger charge is -2.17. The first-order valence-electron chi connectivity index (χ1n) is 6.67. The first-order chi connectivity index (χ1) is 9.49. The van der Waals surface area contributed by atoms with Gasteiger partial charge in [0, 0.05) is 5.56 Å². The summed E-state index contributed by atoms with van der Waals surface area (Å²) >= 11 is 0. The van der Waals surface area contributed by atoms with Crippen molar-refractivity contribution in [3.05, 3.63) is 59.0 Å². The molecule has 1 aromatic carbocycles. The molecule has 0 saturated carbocycles. The van der Waals surface area contributed by atoms with E-state index in [9.17, 15) is 4.79 Å². The molecule has 106 valence electrons. The van der Waals surface area contributed by atoms with Gasteiger partial charge in [0.2, 0.25) is 5.91 Å². The van der Waals surface area contributed by atoms with Gasteiger partial charge in [-0.2, -0.15) is 0 Å². The number of nitrogens with one attached hydrogen (secondary N) is 1. The lowest BCUT2D eigenvalue weighted by Crippen LogP contribution is -2.35. The Morgan fingerprint density at radius 1 is 1.25 bits per heavy atom. The van der Waals surface area contributed by atoms with Crippen molar-refractivity contribution < 1.29 is 9.21 Å².